The first-order chi connectivity index (χ1) is 8.62. The summed E-state index contributed by atoms with van der Waals surface area (Å²) in [6.07, 6.45) is 3.60. The van der Waals surface area contributed by atoms with E-state index in [1.54, 1.807) is 0 Å². The van der Waals surface area contributed by atoms with E-state index in [2.05, 4.69) is 19.2 Å². The molecule has 2 rings (SSSR count). The van der Waals surface area contributed by atoms with E-state index in [9.17, 15) is 4.21 Å². The van der Waals surface area contributed by atoms with Crippen LogP contribution in [0.2, 0.25) is 0 Å². The number of nitrogens with one attached hydrogen (secondary N) is 1. The van der Waals surface area contributed by atoms with Crippen LogP contribution < -0.4 is 5.32 Å². The zero-order valence-corrected chi connectivity index (χ0v) is 12.4. The van der Waals surface area contributed by atoms with Gasteiger partial charge in [-0.1, -0.05) is 13.8 Å². The van der Waals surface area contributed by atoms with E-state index in [-0.39, 0.29) is 10.5 Å². The summed E-state index contributed by atoms with van der Waals surface area (Å²) in [4.78, 5) is 0. The van der Waals surface area contributed by atoms with Gasteiger partial charge < -0.3 is 14.8 Å². The Morgan fingerprint density at radius 2 is 2.11 bits per heavy atom. The average molecular weight is 275 g/mol. The van der Waals surface area contributed by atoms with Gasteiger partial charge in [-0.2, -0.15) is 0 Å². The van der Waals surface area contributed by atoms with Crippen LogP contribution in [-0.2, 0) is 20.3 Å². The van der Waals surface area contributed by atoms with Gasteiger partial charge in [-0.25, -0.2) is 0 Å². The summed E-state index contributed by atoms with van der Waals surface area (Å²) in [5.41, 5.74) is 0. The Morgan fingerprint density at radius 1 is 1.44 bits per heavy atom. The summed E-state index contributed by atoms with van der Waals surface area (Å²) >= 11 is 0. The van der Waals surface area contributed by atoms with Crippen LogP contribution in [0.15, 0.2) is 0 Å². The molecule has 0 amide bonds. The molecule has 0 aromatic rings. The van der Waals surface area contributed by atoms with Gasteiger partial charge in [-0.15, -0.1) is 0 Å². The Morgan fingerprint density at radius 3 is 2.67 bits per heavy atom. The van der Waals surface area contributed by atoms with Crippen LogP contribution in [0.5, 0.6) is 0 Å². The van der Waals surface area contributed by atoms with Crippen molar-refractivity contribution in [3.63, 3.8) is 0 Å². The minimum atomic E-state index is -0.826. The number of hydrogen-bond acceptors (Lipinski definition) is 4. The Balaban J connectivity index is 2.10. The lowest BCUT2D eigenvalue weighted by molar-refractivity contribution is -0.178. The molecule has 0 radical (unpaired) electrons. The van der Waals surface area contributed by atoms with Crippen LogP contribution >= 0.6 is 0 Å². The van der Waals surface area contributed by atoms with Crippen molar-refractivity contribution < 1.29 is 13.7 Å². The molecule has 1 N–H and O–H groups in total. The Hall–Kier alpha value is 0.0300. The number of rotatable bonds is 4. The van der Waals surface area contributed by atoms with Gasteiger partial charge in [0.25, 0.3) is 0 Å². The summed E-state index contributed by atoms with van der Waals surface area (Å²) < 4.78 is 24.2. The lowest BCUT2D eigenvalue weighted by atomic mass is 9.89. The fourth-order valence-corrected chi connectivity index (χ4v) is 4.85. The molecule has 0 aromatic heterocycles. The van der Waals surface area contributed by atoms with E-state index in [0.29, 0.717) is 19.3 Å². The largest absolute Gasteiger partial charge is 0.347 e. The van der Waals surface area contributed by atoms with Crippen LogP contribution in [0.3, 0.4) is 0 Å². The highest BCUT2D eigenvalue weighted by Crippen LogP contribution is 2.38. The van der Waals surface area contributed by atoms with Crippen LogP contribution in [0.1, 0.15) is 39.5 Å². The molecule has 1 aliphatic heterocycles. The summed E-state index contributed by atoms with van der Waals surface area (Å²) in [5.74, 6) is -0.443. The molecule has 4 atom stereocenters. The van der Waals surface area contributed by atoms with Gasteiger partial charge in [0.2, 0.25) is 0 Å². The fourth-order valence-electron chi connectivity index (χ4n) is 2.91. The van der Waals surface area contributed by atoms with Gasteiger partial charge in [0.1, 0.15) is 0 Å². The van der Waals surface area contributed by atoms with Crippen LogP contribution in [0, 0.1) is 0 Å². The molecule has 5 heteroatoms. The van der Waals surface area contributed by atoms with Crippen molar-refractivity contribution in [3.05, 3.63) is 0 Å². The van der Waals surface area contributed by atoms with E-state index in [1.165, 1.54) is 0 Å². The predicted molar refractivity (Wildman–Crippen MR) is 73.0 cm³/mol. The average Bonchev–Trinajstić information content (AvgIpc) is 2.85. The van der Waals surface area contributed by atoms with Gasteiger partial charge in [-0.05, 0) is 19.9 Å². The second-order valence-electron chi connectivity index (χ2n) is 5.33. The van der Waals surface area contributed by atoms with Gasteiger partial charge in [0.15, 0.2) is 5.79 Å². The highest BCUT2D eigenvalue weighted by atomic mass is 32.2. The molecule has 1 saturated carbocycles. The topological polar surface area (TPSA) is 47.6 Å². The Kier molecular flexibility index (Phi) is 4.80. The first-order valence-electron chi connectivity index (χ1n) is 6.96. The SMILES string of the molecule is CCC(C)S(=O)C1CC2(CCC1NC)OCCO2. The van der Waals surface area contributed by atoms with Crippen molar-refractivity contribution in [3.8, 4) is 0 Å². The fraction of sp³-hybridized carbons (Fsp3) is 1.00. The normalized spacial score (nSPS) is 34.6. The predicted octanol–water partition coefficient (Wildman–Crippen LogP) is 1.42. The van der Waals surface area contributed by atoms with Crippen molar-refractivity contribution in [1.29, 1.82) is 0 Å². The van der Waals surface area contributed by atoms with Crippen molar-refractivity contribution in [2.45, 2.75) is 61.9 Å². The van der Waals surface area contributed by atoms with Crippen LogP contribution in [-0.4, -0.2) is 46.8 Å². The van der Waals surface area contributed by atoms with Gasteiger partial charge in [-0.3, -0.25) is 4.21 Å². The molecule has 4 nitrogen and oxygen atoms in total. The van der Waals surface area contributed by atoms with Crippen molar-refractivity contribution in [2.75, 3.05) is 20.3 Å². The van der Waals surface area contributed by atoms with Crippen LogP contribution in [0.25, 0.3) is 0 Å². The summed E-state index contributed by atoms with van der Waals surface area (Å²) in [6, 6.07) is 0.318. The zero-order valence-electron chi connectivity index (χ0n) is 11.6. The molecule has 2 aliphatic rings. The minimum absolute atomic E-state index is 0.136. The van der Waals surface area contributed by atoms with Crippen LogP contribution in [0.4, 0.5) is 0 Å². The molecular formula is C13H25NO3S. The maximum atomic E-state index is 12.6. The summed E-state index contributed by atoms with van der Waals surface area (Å²) in [5, 5.41) is 3.69. The van der Waals surface area contributed by atoms with E-state index in [1.807, 2.05) is 7.05 Å². The molecule has 2 fully saturated rings. The second kappa shape index (κ2) is 5.99. The summed E-state index contributed by atoms with van der Waals surface area (Å²) in [7, 11) is 1.13. The third-order valence-electron chi connectivity index (χ3n) is 4.25. The minimum Gasteiger partial charge on any atom is -0.347 e. The molecule has 1 aliphatic carbocycles. The van der Waals surface area contributed by atoms with Crippen molar-refractivity contribution >= 4 is 10.8 Å². The summed E-state index contributed by atoms with van der Waals surface area (Å²) in [6.45, 7) is 5.51. The van der Waals surface area contributed by atoms with Gasteiger partial charge in [0.05, 0.1) is 18.5 Å². The molecule has 1 spiro atoms. The van der Waals surface area contributed by atoms with Gasteiger partial charge in [0, 0.05) is 34.9 Å². The molecule has 1 saturated heterocycles. The number of hydrogen-bond donors (Lipinski definition) is 1. The highest BCUT2D eigenvalue weighted by molar-refractivity contribution is 7.86. The smallest absolute Gasteiger partial charge is 0.169 e. The lowest BCUT2D eigenvalue weighted by Gasteiger charge is -2.41. The zero-order chi connectivity index (χ0) is 13.2. The highest BCUT2D eigenvalue weighted by Gasteiger charge is 2.47. The van der Waals surface area contributed by atoms with Gasteiger partial charge >= 0.3 is 0 Å². The second-order valence-corrected chi connectivity index (χ2v) is 7.40. The molecule has 1 heterocycles. The van der Waals surface area contributed by atoms with E-state index in [0.717, 1.165) is 25.7 Å². The molecular weight excluding hydrogens is 250 g/mol. The third-order valence-corrected chi connectivity index (χ3v) is 6.47. The standard InChI is InChI=1S/C13H25NO3S/c1-4-10(2)18(15)12-9-13(16-7-8-17-13)6-5-11(12)14-3/h10-12,14H,4-9H2,1-3H3. The van der Waals surface area contributed by atoms with Crippen molar-refractivity contribution in [1.82, 2.24) is 5.32 Å². The van der Waals surface area contributed by atoms with E-state index in [4.69, 9.17) is 9.47 Å². The first kappa shape index (κ1) is 14.4. The maximum absolute atomic E-state index is 12.6. The molecule has 0 bridgehead atoms. The van der Waals surface area contributed by atoms with E-state index >= 15 is 0 Å². The Labute approximate surface area is 112 Å². The number of ether oxygens (including phenoxy) is 2. The monoisotopic (exact) mass is 275 g/mol. The van der Waals surface area contributed by atoms with Crippen molar-refractivity contribution in [2.24, 2.45) is 0 Å². The maximum Gasteiger partial charge on any atom is 0.169 e. The Bertz CT molecular complexity index is 305. The molecule has 0 aromatic carbocycles. The first-order valence-corrected chi connectivity index (χ1v) is 8.24. The third kappa shape index (κ3) is 2.79. The van der Waals surface area contributed by atoms with E-state index < -0.39 is 16.6 Å². The lowest BCUT2D eigenvalue weighted by Crippen LogP contribution is -2.52. The quantitative estimate of drug-likeness (QED) is 0.843. The molecule has 4 unspecified atom stereocenters. The molecule has 18 heavy (non-hydrogen) atoms. The molecule has 106 valence electrons.